The van der Waals surface area contributed by atoms with E-state index in [1.54, 1.807) is 6.20 Å². The molecule has 0 fully saturated rings. The van der Waals surface area contributed by atoms with E-state index in [0.717, 1.165) is 38.7 Å². The second kappa shape index (κ2) is 7.89. The van der Waals surface area contributed by atoms with E-state index >= 15 is 0 Å². The van der Waals surface area contributed by atoms with Crippen LogP contribution in [0.15, 0.2) is 23.7 Å². The summed E-state index contributed by atoms with van der Waals surface area (Å²) in [6.07, 6.45) is 1.75. The molecule has 0 saturated carbocycles. The van der Waals surface area contributed by atoms with E-state index in [1.165, 1.54) is 35.0 Å². The van der Waals surface area contributed by atoms with Crippen molar-refractivity contribution in [3.05, 3.63) is 68.2 Å². The van der Waals surface area contributed by atoms with Gasteiger partial charge in [-0.3, -0.25) is 9.36 Å². The maximum atomic E-state index is 12.1. The lowest BCUT2D eigenvalue weighted by atomic mass is 10.0. The Morgan fingerprint density at radius 2 is 1.74 bits per heavy atom. The van der Waals surface area contributed by atoms with Gasteiger partial charge in [0, 0.05) is 29.6 Å². The zero-order valence-electron chi connectivity index (χ0n) is 19.0. The van der Waals surface area contributed by atoms with Crippen molar-refractivity contribution in [1.82, 2.24) is 24.8 Å². The lowest BCUT2D eigenvalue weighted by molar-refractivity contribution is -0.119. The second-order valence-electron chi connectivity index (χ2n) is 8.15. The number of aromatic nitrogens is 4. The Kier molecular flexibility index (Phi) is 5.39. The van der Waals surface area contributed by atoms with Crippen LogP contribution in [-0.4, -0.2) is 25.4 Å². The summed E-state index contributed by atoms with van der Waals surface area (Å²) in [5.41, 5.74) is 8.67. The molecule has 7 heteroatoms. The van der Waals surface area contributed by atoms with Crippen molar-refractivity contribution in [2.45, 2.75) is 54.5 Å². The number of carbonyl (C=O) groups excluding carboxylic acids is 1. The summed E-state index contributed by atoms with van der Waals surface area (Å²) < 4.78 is 2.24. The number of hydrogen-bond acceptors (Lipinski definition) is 5. The van der Waals surface area contributed by atoms with Gasteiger partial charge in [-0.2, -0.15) is 0 Å². The Morgan fingerprint density at radius 1 is 1.06 bits per heavy atom. The maximum absolute atomic E-state index is 12.1. The van der Waals surface area contributed by atoms with Crippen LogP contribution in [0.2, 0.25) is 0 Å². The molecule has 0 radical (unpaired) electrons. The summed E-state index contributed by atoms with van der Waals surface area (Å²) in [6.45, 7) is 14.0. The highest BCUT2D eigenvalue weighted by Crippen LogP contribution is 2.36. The third kappa shape index (κ3) is 3.63. The lowest BCUT2D eigenvalue weighted by Gasteiger charge is -2.18. The molecule has 31 heavy (non-hydrogen) atoms. The minimum absolute atomic E-state index is 0.122. The van der Waals surface area contributed by atoms with Crippen LogP contribution < -0.4 is 5.32 Å². The normalized spacial score (nSPS) is 12.4. The first-order valence-corrected chi connectivity index (χ1v) is 11.2. The summed E-state index contributed by atoms with van der Waals surface area (Å²) in [5, 5.41) is 6.74. The Hall–Kier alpha value is -3.06. The third-order valence-corrected chi connectivity index (χ3v) is 6.51. The largest absolute Gasteiger partial charge is 0.342 e. The number of aryl methyl sites for hydroxylation is 5. The van der Waals surface area contributed by atoms with E-state index in [1.807, 2.05) is 12.3 Å². The highest BCUT2D eigenvalue weighted by atomic mass is 32.1. The molecule has 0 bridgehead atoms. The molecule has 3 heterocycles. The first-order chi connectivity index (χ1) is 14.7. The molecule has 1 unspecified atom stereocenters. The Morgan fingerprint density at radius 3 is 2.32 bits per heavy atom. The predicted octanol–water partition coefficient (Wildman–Crippen LogP) is 4.95. The smallest absolute Gasteiger partial charge is 0.217 e. The van der Waals surface area contributed by atoms with Gasteiger partial charge in [-0.25, -0.2) is 15.0 Å². The molecule has 0 saturated heterocycles. The van der Waals surface area contributed by atoms with Gasteiger partial charge in [0.2, 0.25) is 5.91 Å². The van der Waals surface area contributed by atoms with Crippen LogP contribution in [0.4, 0.5) is 0 Å². The highest BCUT2D eigenvalue weighted by molar-refractivity contribution is 7.09. The average molecular weight is 434 g/mol. The number of rotatable bonds is 4. The van der Waals surface area contributed by atoms with Crippen LogP contribution in [0.3, 0.4) is 0 Å². The predicted molar refractivity (Wildman–Crippen MR) is 125 cm³/mol. The zero-order chi connectivity index (χ0) is 22.4. The van der Waals surface area contributed by atoms with E-state index in [0.29, 0.717) is 5.82 Å². The molecule has 6 nitrogen and oxygen atoms in total. The SMILES string of the molecule is CC(=O)NC(c1nccs1)c1nc(C)nc2c1c(C)c(C)n2-c1c(C)cc(C)cc1C. The Balaban J connectivity index is 2.08. The number of nitrogens with zero attached hydrogens (tertiary/aromatic N) is 4. The Labute approximate surface area is 186 Å². The van der Waals surface area contributed by atoms with Gasteiger partial charge >= 0.3 is 0 Å². The molecule has 4 aromatic rings. The van der Waals surface area contributed by atoms with Crippen LogP contribution in [-0.2, 0) is 4.79 Å². The highest BCUT2D eigenvalue weighted by Gasteiger charge is 2.27. The molecule has 0 aliphatic rings. The topological polar surface area (TPSA) is 72.7 Å². The number of nitrogens with one attached hydrogen (secondary N) is 1. The number of thiazole rings is 1. The fourth-order valence-corrected chi connectivity index (χ4v) is 5.13. The Bertz CT molecular complexity index is 1280. The summed E-state index contributed by atoms with van der Waals surface area (Å²) >= 11 is 1.51. The molecule has 4 rings (SSSR count). The molecule has 3 aromatic heterocycles. The molecule has 0 spiro atoms. The van der Waals surface area contributed by atoms with Crippen molar-refractivity contribution >= 4 is 28.3 Å². The fraction of sp³-hybridized carbons (Fsp3) is 0.333. The first-order valence-electron chi connectivity index (χ1n) is 10.3. The van der Waals surface area contributed by atoms with Gasteiger partial charge in [0.05, 0.1) is 11.4 Å². The van der Waals surface area contributed by atoms with Gasteiger partial charge in [-0.05, 0) is 58.2 Å². The number of benzene rings is 1. The van der Waals surface area contributed by atoms with Crippen LogP contribution in [0, 0.1) is 41.5 Å². The van der Waals surface area contributed by atoms with Gasteiger partial charge in [0.15, 0.2) is 0 Å². The van der Waals surface area contributed by atoms with E-state index in [4.69, 9.17) is 9.97 Å². The van der Waals surface area contributed by atoms with Crippen molar-refractivity contribution < 1.29 is 4.79 Å². The number of amides is 1. The number of carbonyl (C=O) groups is 1. The molecule has 1 aromatic carbocycles. The minimum atomic E-state index is -0.420. The van der Waals surface area contributed by atoms with Crippen LogP contribution in [0.5, 0.6) is 0 Å². The molecule has 0 aliphatic carbocycles. The minimum Gasteiger partial charge on any atom is -0.342 e. The summed E-state index contributed by atoms with van der Waals surface area (Å²) in [4.78, 5) is 26.2. The van der Waals surface area contributed by atoms with Gasteiger partial charge in [0.1, 0.15) is 22.5 Å². The maximum Gasteiger partial charge on any atom is 0.217 e. The number of fused-ring (bicyclic) bond motifs is 1. The third-order valence-electron chi connectivity index (χ3n) is 5.67. The molecule has 1 N–H and O–H groups in total. The van der Waals surface area contributed by atoms with Crippen molar-refractivity contribution in [3.8, 4) is 5.69 Å². The summed E-state index contributed by atoms with van der Waals surface area (Å²) in [7, 11) is 0. The van der Waals surface area contributed by atoms with Gasteiger partial charge in [0.25, 0.3) is 0 Å². The molecule has 0 aliphatic heterocycles. The van der Waals surface area contributed by atoms with E-state index in [2.05, 4.69) is 61.6 Å². The summed E-state index contributed by atoms with van der Waals surface area (Å²) in [6, 6.07) is 3.98. The van der Waals surface area contributed by atoms with Crippen molar-refractivity contribution in [3.63, 3.8) is 0 Å². The first kappa shape index (κ1) is 21.2. The van der Waals surface area contributed by atoms with Crippen molar-refractivity contribution in [2.75, 3.05) is 0 Å². The molecule has 1 amide bonds. The zero-order valence-corrected chi connectivity index (χ0v) is 19.8. The average Bonchev–Trinajstić information content (AvgIpc) is 3.28. The van der Waals surface area contributed by atoms with E-state index in [9.17, 15) is 4.79 Å². The molecule has 1 atom stereocenters. The molecular weight excluding hydrogens is 406 g/mol. The van der Waals surface area contributed by atoms with Crippen molar-refractivity contribution in [2.24, 2.45) is 0 Å². The molecular formula is C24H27N5OS. The van der Waals surface area contributed by atoms with Gasteiger partial charge in [-0.1, -0.05) is 17.7 Å². The van der Waals surface area contributed by atoms with E-state index < -0.39 is 6.04 Å². The monoisotopic (exact) mass is 433 g/mol. The van der Waals surface area contributed by atoms with Crippen LogP contribution >= 0.6 is 11.3 Å². The number of hydrogen-bond donors (Lipinski definition) is 1. The quantitative estimate of drug-likeness (QED) is 0.494. The molecule has 160 valence electrons. The van der Waals surface area contributed by atoms with Gasteiger partial charge < -0.3 is 5.32 Å². The van der Waals surface area contributed by atoms with E-state index in [-0.39, 0.29) is 5.91 Å². The second-order valence-corrected chi connectivity index (χ2v) is 9.08. The van der Waals surface area contributed by atoms with Crippen LogP contribution in [0.25, 0.3) is 16.7 Å². The van der Waals surface area contributed by atoms with Crippen LogP contribution in [0.1, 0.15) is 57.4 Å². The standard InChI is InChI=1S/C24H27N5OS/c1-12-10-13(2)22(14(3)11-12)29-16(5)15(4)19-20(26-17(6)27-23(19)29)21(28-18(7)30)24-25-8-9-31-24/h8-11,21H,1-7H3,(H,28,30). The van der Waals surface area contributed by atoms with Gasteiger partial charge in [-0.15, -0.1) is 11.3 Å². The fourth-order valence-electron chi connectivity index (χ4n) is 4.44. The van der Waals surface area contributed by atoms with Crippen molar-refractivity contribution in [1.29, 1.82) is 0 Å². The summed E-state index contributed by atoms with van der Waals surface area (Å²) in [5.74, 6) is 0.541. The lowest BCUT2D eigenvalue weighted by Crippen LogP contribution is -2.28.